The van der Waals surface area contributed by atoms with Crippen molar-refractivity contribution in [1.82, 2.24) is 10.2 Å². The second-order valence-corrected chi connectivity index (χ2v) is 5.59. The standard InChI is InChI=1S/C14H22ClN3/c1-16-9-11-4-5-12(15)8-14(11)18-7-6-13(10-18)17(2)3/h4-5,8,13,16H,6-7,9-10H2,1-3H3. The van der Waals surface area contributed by atoms with E-state index in [-0.39, 0.29) is 0 Å². The largest absolute Gasteiger partial charge is 0.370 e. The first kappa shape index (κ1) is 13.7. The Balaban J connectivity index is 2.19. The fourth-order valence-corrected chi connectivity index (χ4v) is 2.72. The lowest BCUT2D eigenvalue weighted by atomic mass is 10.1. The predicted molar refractivity (Wildman–Crippen MR) is 78.5 cm³/mol. The molecule has 0 bridgehead atoms. The first-order valence-corrected chi connectivity index (χ1v) is 6.84. The molecule has 1 atom stereocenters. The van der Waals surface area contributed by atoms with Crippen LogP contribution in [0.2, 0.25) is 5.02 Å². The van der Waals surface area contributed by atoms with Crippen LogP contribution in [0.3, 0.4) is 0 Å². The van der Waals surface area contributed by atoms with Gasteiger partial charge in [-0.2, -0.15) is 0 Å². The summed E-state index contributed by atoms with van der Waals surface area (Å²) in [7, 11) is 6.28. The fourth-order valence-electron chi connectivity index (χ4n) is 2.55. The first-order chi connectivity index (χ1) is 8.61. The molecule has 18 heavy (non-hydrogen) atoms. The monoisotopic (exact) mass is 267 g/mol. The molecule has 2 rings (SSSR count). The second kappa shape index (κ2) is 5.91. The lowest BCUT2D eigenvalue weighted by Crippen LogP contribution is -2.31. The van der Waals surface area contributed by atoms with E-state index in [0.29, 0.717) is 6.04 Å². The first-order valence-electron chi connectivity index (χ1n) is 6.46. The van der Waals surface area contributed by atoms with E-state index in [1.54, 1.807) is 0 Å². The van der Waals surface area contributed by atoms with Crippen molar-refractivity contribution in [3.63, 3.8) is 0 Å². The number of halogens is 1. The van der Waals surface area contributed by atoms with Gasteiger partial charge in [-0.05, 0) is 45.3 Å². The topological polar surface area (TPSA) is 18.5 Å². The van der Waals surface area contributed by atoms with Crippen molar-refractivity contribution in [3.05, 3.63) is 28.8 Å². The van der Waals surface area contributed by atoms with Crippen molar-refractivity contribution >= 4 is 17.3 Å². The van der Waals surface area contributed by atoms with Gasteiger partial charge in [0.2, 0.25) is 0 Å². The molecule has 0 radical (unpaired) electrons. The van der Waals surface area contributed by atoms with Crippen LogP contribution < -0.4 is 10.2 Å². The van der Waals surface area contributed by atoms with Gasteiger partial charge in [0.1, 0.15) is 0 Å². The summed E-state index contributed by atoms with van der Waals surface area (Å²) >= 11 is 6.14. The molecular weight excluding hydrogens is 246 g/mol. The van der Waals surface area contributed by atoms with E-state index in [1.165, 1.54) is 17.7 Å². The molecule has 0 saturated carbocycles. The fraction of sp³-hybridized carbons (Fsp3) is 0.571. The molecular formula is C14H22ClN3. The van der Waals surface area contributed by atoms with Gasteiger partial charge in [-0.15, -0.1) is 0 Å². The van der Waals surface area contributed by atoms with Gasteiger partial charge in [-0.3, -0.25) is 0 Å². The molecule has 1 unspecified atom stereocenters. The highest BCUT2D eigenvalue weighted by atomic mass is 35.5. The van der Waals surface area contributed by atoms with Gasteiger partial charge in [0, 0.05) is 36.4 Å². The normalized spacial score (nSPS) is 19.8. The van der Waals surface area contributed by atoms with E-state index in [9.17, 15) is 0 Å². The quantitative estimate of drug-likeness (QED) is 0.902. The Labute approximate surface area is 115 Å². The van der Waals surface area contributed by atoms with Crippen molar-refractivity contribution in [1.29, 1.82) is 0 Å². The molecule has 1 N–H and O–H groups in total. The van der Waals surface area contributed by atoms with E-state index < -0.39 is 0 Å². The molecule has 0 aliphatic carbocycles. The van der Waals surface area contributed by atoms with Crippen LogP contribution in [-0.4, -0.2) is 45.2 Å². The van der Waals surface area contributed by atoms with Gasteiger partial charge in [-0.25, -0.2) is 0 Å². The van der Waals surface area contributed by atoms with Crippen LogP contribution in [0.4, 0.5) is 5.69 Å². The molecule has 1 aliphatic heterocycles. The van der Waals surface area contributed by atoms with E-state index in [1.807, 2.05) is 13.1 Å². The smallest absolute Gasteiger partial charge is 0.0427 e. The van der Waals surface area contributed by atoms with Crippen molar-refractivity contribution in [2.45, 2.75) is 19.0 Å². The second-order valence-electron chi connectivity index (χ2n) is 5.16. The van der Waals surface area contributed by atoms with Crippen molar-refractivity contribution in [2.75, 3.05) is 39.1 Å². The summed E-state index contributed by atoms with van der Waals surface area (Å²) in [5, 5.41) is 4.04. The van der Waals surface area contributed by atoms with Gasteiger partial charge < -0.3 is 15.1 Å². The SMILES string of the molecule is CNCc1ccc(Cl)cc1N1CCC(N(C)C)C1. The molecule has 1 aromatic carbocycles. The number of hydrogen-bond acceptors (Lipinski definition) is 3. The number of benzene rings is 1. The zero-order chi connectivity index (χ0) is 13.1. The van der Waals surface area contributed by atoms with Gasteiger partial charge in [0.15, 0.2) is 0 Å². The lowest BCUT2D eigenvalue weighted by molar-refractivity contribution is 0.315. The summed E-state index contributed by atoms with van der Waals surface area (Å²) in [4.78, 5) is 4.76. The molecule has 0 amide bonds. The third kappa shape index (κ3) is 2.97. The van der Waals surface area contributed by atoms with Crippen molar-refractivity contribution in [2.24, 2.45) is 0 Å². The van der Waals surface area contributed by atoms with Gasteiger partial charge in [-0.1, -0.05) is 17.7 Å². The van der Waals surface area contributed by atoms with Crippen LogP contribution in [0.5, 0.6) is 0 Å². The molecule has 4 heteroatoms. The highest BCUT2D eigenvalue weighted by molar-refractivity contribution is 6.30. The minimum absolute atomic E-state index is 0.645. The Hall–Kier alpha value is -0.770. The minimum Gasteiger partial charge on any atom is -0.370 e. The maximum Gasteiger partial charge on any atom is 0.0427 e. The summed E-state index contributed by atoms with van der Waals surface area (Å²) in [5.41, 5.74) is 2.60. The zero-order valence-corrected chi connectivity index (χ0v) is 12.2. The Morgan fingerprint density at radius 2 is 2.22 bits per heavy atom. The van der Waals surface area contributed by atoms with E-state index >= 15 is 0 Å². The van der Waals surface area contributed by atoms with Crippen molar-refractivity contribution < 1.29 is 0 Å². The van der Waals surface area contributed by atoms with E-state index in [2.05, 4.69) is 41.3 Å². The summed E-state index contributed by atoms with van der Waals surface area (Å²) in [5.74, 6) is 0. The zero-order valence-electron chi connectivity index (χ0n) is 11.4. The van der Waals surface area contributed by atoms with Crippen LogP contribution in [0, 0.1) is 0 Å². The maximum atomic E-state index is 6.14. The summed E-state index contributed by atoms with van der Waals surface area (Å²) in [6.07, 6.45) is 1.22. The van der Waals surface area contributed by atoms with E-state index in [0.717, 1.165) is 24.7 Å². The molecule has 1 heterocycles. The molecule has 1 fully saturated rings. The predicted octanol–water partition coefficient (Wildman–Crippen LogP) is 2.20. The van der Waals surface area contributed by atoms with Crippen LogP contribution in [0.1, 0.15) is 12.0 Å². The third-order valence-electron chi connectivity index (χ3n) is 3.65. The van der Waals surface area contributed by atoms with Gasteiger partial charge in [0.05, 0.1) is 0 Å². The summed E-state index contributed by atoms with van der Waals surface area (Å²) < 4.78 is 0. The Morgan fingerprint density at radius 3 is 2.83 bits per heavy atom. The summed E-state index contributed by atoms with van der Waals surface area (Å²) in [6, 6.07) is 6.83. The van der Waals surface area contributed by atoms with Crippen LogP contribution >= 0.6 is 11.6 Å². The number of likely N-dealkylation sites (N-methyl/N-ethyl adjacent to an activating group) is 1. The molecule has 100 valence electrons. The van der Waals surface area contributed by atoms with Gasteiger partial charge >= 0.3 is 0 Å². The Morgan fingerprint density at radius 1 is 1.44 bits per heavy atom. The van der Waals surface area contributed by atoms with E-state index in [4.69, 9.17) is 11.6 Å². The lowest BCUT2D eigenvalue weighted by Gasteiger charge is -2.24. The number of hydrogen-bond donors (Lipinski definition) is 1. The number of anilines is 1. The average Bonchev–Trinajstić information content (AvgIpc) is 2.81. The number of nitrogens with one attached hydrogen (secondary N) is 1. The average molecular weight is 268 g/mol. The number of nitrogens with zero attached hydrogens (tertiary/aromatic N) is 2. The highest BCUT2D eigenvalue weighted by Crippen LogP contribution is 2.28. The van der Waals surface area contributed by atoms with Crippen LogP contribution in [-0.2, 0) is 6.54 Å². The molecule has 1 aromatic rings. The third-order valence-corrected chi connectivity index (χ3v) is 3.88. The summed E-state index contributed by atoms with van der Waals surface area (Å²) in [6.45, 7) is 3.08. The number of rotatable bonds is 4. The van der Waals surface area contributed by atoms with Crippen molar-refractivity contribution in [3.8, 4) is 0 Å². The Kier molecular flexibility index (Phi) is 4.49. The van der Waals surface area contributed by atoms with Crippen LogP contribution in [0.15, 0.2) is 18.2 Å². The molecule has 1 aliphatic rings. The molecule has 0 spiro atoms. The molecule has 1 saturated heterocycles. The maximum absolute atomic E-state index is 6.14. The van der Waals surface area contributed by atoms with Crippen LogP contribution in [0.25, 0.3) is 0 Å². The highest BCUT2D eigenvalue weighted by Gasteiger charge is 2.25. The van der Waals surface area contributed by atoms with Gasteiger partial charge in [0.25, 0.3) is 0 Å². The molecule has 3 nitrogen and oxygen atoms in total. The minimum atomic E-state index is 0.645. The molecule has 0 aromatic heterocycles. The Bertz CT molecular complexity index is 406.